The molecule has 0 aromatic heterocycles. The molecule has 1 aromatic rings. The molecule has 0 saturated heterocycles. The summed E-state index contributed by atoms with van der Waals surface area (Å²) in [6.07, 6.45) is -0.335. The molecule has 0 aliphatic carbocycles. The largest absolute Gasteiger partial charge is 0.481 e. The number of rotatable bonds is 4. The maximum Gasteiger partial charge on any atom is 0.309 e. The fourth-order valence-electron chi connectivity index (χ4n) is 1.26. The molecule has 1 aromatic carbocycles. The zero-order chi connectivity index (χ0) is 13.9. The van der Waals surface area contributed by atoms with Crippen LogP contribution in [0.1, 0.15) is 20.3 Å². The van der Waals surface area contributed by atoms with E-state index in [1.165, 1.54) is 13.8 Å². The van der Waals surface area contributed by atoms with E-state index in [9.17, 15) is 18.4 Å². The Hall–Kier alpha value is -1.98. The molecule has 4 nitrogen and oxygen atoms in total. The number of aliphatic carboxylic acids is 1. The Morgan fingerprint density at radius 2 is 1.94 bits per heavy atom. The average molecular weight is 257 g/mol. The number of halogens is 2. The van der Waals surface area contributed by atoms with Crippen molar-refractivity contribution >= 4 is 17.6 Å². The Balaban J connectivity index is 2.77. The van der Waals surface area contributed by atoms with Crippen molar-refractivity contribution in [2.75, 3.05) is 5.32 Å². The molecule has 0 radical (unpaired) electrons. The maximum atomic E-state index is 13.2. The second kappa shape index (κ2) is 5.12. The number of nitrogens with one attached hydrogen (secondary N) is 1. The van der Waals surface area contributed by atoms with E-state index in [1.807, 2.05) is 0 Å². The van der Waals surface area contributed by atoms with Gasteiger partial charge >= 0.3 is 5.97 Å². The highest BCUT2D eigenvalue weighted by Gasteiger charge is 2.30. The van der Waals surface area contributed by atoms with Crippen molar-refractivity contribution in [3.05, 3.63) is 29.8 Å². The molecule has 0 aliphatic heterocycles. The monoisotopic (exact) mass is 257 g/mol. The number of hydrogen-bond donors (Lipinski definition) is 2. The summed E-state index contributed by atoms with van der Waals surface area (Å²) in [4.78, 5) is 22.3. The number of carboxylic acid groups (broad SMARTS) is 1. The molecule has 0 spiro atoms. The molecule has 1 rings (SSSR count). The third-order valence-corrected chi connectivity index (χ3v) is 2.38. The number of anilines is 1. The first-order valence-electron chi connectivity index (χ1n) is 5.20. The Morgan fingerprint density at radius 3 is 2.50 bits per heavy atom. The van der Waals surface area contributed by atoms with Crippen molar-refractivity contribution in [1.82, 2.24) is 0 Å². The highest BCUT2D eigenvalue weighted by atomic mass is 19.1. The topological polar surface area (TPSA) is 66.4 Å². The molecule has 0 atom stereocenters. The first-order chi connectivity index (χ1) is 8.22. The molecular weight excluding hydrogens is 244 g/mol. The van der Waals surface area contributed by atoms with Crippen molar-refractivity contribution in [2.45, 2.75) is 20.3 Å². The predicted molar refractivity (Wildman–Crippen MR) is 61.0 cm³/mol. The summed E-state index contributed by atoms with van der Waals surface area (Å²) in [6, 6.07) is 2.64. The number of hydrogen-bond acceptors (Lipinski definition) is 2. The lowest BCUT2D eigenvalue weighted by Gasteiger charge is -2.18. The number of carbonyl (C=O) groups is 2. The fraction of sp³-hybridized carbons (Fsp3) is 0.333. The van der Waals surface area contributed by atoms with E-state index in [1.54, 1.807) is 0 Å². The lowest BCUT2D eigenvalue weighted by Crippen LogP contribution is -2.29. The van der Waals surface area contributed by atoms with Gasteiger partial charge in [0.15, 0.2) is 0 Å². The van der Waals surface area contributed by atoms with Crippen LogP contribution in [0.25, 0.3) is 0 Å². The number of carboxylic acids is 1. The zero-order valence-corrected chi connectivity index (χ0v) is 9.96. The number of benzene rings is 1. The standard InChI is InChI=1S/C12H13F2NO3/c1-12(2,11(17)18)6-10(16)15-9-5-7(13)3-4-8(9)14/h3-5H,6H2,1-2H3,(H,15,16)(H,17,18). The van der Waals surface area contributed by atoms with Gasteiger partial charge in [-0.1, -0.05) is 0 Å². The third kappa shape index (κ3) is 3.51. The minimum atomic E-state index is -1.27. The lowest BCUT2D eigenvalue weighted by molar-refractivity contribution is -0.148. The molecule has 98 valence electrons. The van der Waals surface area contributed by atoms with E-state index >= 15 is 0 Å². The summed E-state index contributed by atoms with van der Waals surface area (Å²) in [5.41, 5.74) is -1.57. The van der Waals surface area contributed by atoms with E-state index in [4.69, 9.17) is 5.11 Å². The highest BCUT2D eigenvalue weighted by molar-refractivity contribution is 5.94. The van der Waals surface area contributed by atoms with Crippen molar-refractivity contribution < 1.29 is 23.5 Å². The van der Waals surface area contributed by atoms with Crippen LogP contribution < -0.4 is 5.32 Å². The molecule has 0 fully saturated rings. The minimum Gasteiger partial charge on any atom is -0.481 e. The number of carbonyl (C=O) groups excluding carboxylic acids is 1. The lowest BCUT2D eigenvalue weighted by atomic mass is 9.89. The summed E-state index contributed by atoms with van der Waals surface area (Å²) < 4.78 is 26.1. The summed E-state index contributed by atoms with van der Waals surface area (Å²) in [5, 5.41) is 11.0. The first-order valence-corrected chi connectivity index (χ1v) is 5.20. The quantitative estimate of drug-likeness (QED) is 0.870. The van der Waals surface area contributed by atoms with Gasteiger partial charge in [0.05, 0.1) is 11.1 Å². The van der Waals surface area contributed by atoms with Crippen LogP contribution in [-0.2, 0) is 9.59 Å². The molecule has 2 N–H and O–H groups in total. The molecule has 0 unspecified atom stereocenters. The van der Waals surface area contributed by atoms with Gasteiger partial charge in [0, 0.05) is 12.5 Å². The Bertz CT molecular complexity index is 486. The van der Waals surface area contributed by atoms with Gasteiger partial charge in [-0.15, -0.1) is 0 Å². The van der Waals surface area contributed by atoms with Crippen LogP contribution in [0.3, 0.4) is 0 Å². The molecule has 1 amide bonds. The molecular formula is C12H13F2NO3. The number of amides is 1. The fourth-order valence-corrected chi connectivity index (χ4v) is 1.26. The van der Waals surface area contributed by atoms with E-state index in [2.05, 4.69) is 5.32 Å². The molecule has 0 bridgehead atoms. The van der Waals surface area contributed by atoms with Gasteiger partial charge in [-0.3, -0.25) is 9.59 Å². The minimum absolute atomic E-state index is 0.304. The summed E-state index contributed by atoms with van der Waals surface area (Å²) in [7, 11) is 0. The molecule has 6 heteroatoms. The first kappa shape index (κ1) is 14.1. The van der Waals surface area contributed by atoms with E-state index < -0.39 is 28.9 Å². The van der Waals surface area contributed by atoms with E-state index in [0.29, 0.717) is 0 Å². The van der Waals surface area contributed by atoms with Gasteiger partial charge in [0.25, 0.3) is 0 Å². The van der Waals surface area contributed by atoms with E-state index in [-0.39, 0.29) is 12.1 Å². The second-order valence-electron chi connectivity index (χ2n) is 4.54. The van der Waals surface area contributed by atoms with Gasteiger partial charge in [-0.05, 0) is 26.0 Å². The van der Waals surface area contributed by atoms with Gasteiger partial charge in [-0.25, -0.2) is 8.78 Å². The van der Waals surface area contributed by atoms with Crippen LogP contribution in [0.2, 0.25) is 0 Å². The Morgan fingerprint density at radius 1 is 1.33 bits per heavy atom. The zero-order valence-electron chi connectivity index (χ0n) is 9.96. The summed E-state index contributed by atoms with van der Waals surface area (Å²) in [6.45, 7) is 2.74. The van der Waals surface area contributed by atoms with Crippen LogP contribution >= 0.6 is 0 Å². The smallest absolute Gasteiger partial charge is 0.309 e. The highest BCUT2D eigenvalue weighted by Crippen LogP contribution is 2.22. The van der Waals surface area contributed by atoms with Crippen LogP contribution in [0.5, 0.6) is 0 Å². The van der Waals surface area contributed by atoms with Crippen molar-refractivity contribution in [3.8, 4) is 0 Å². The SMILES string of the molecule is CC(C)(CC(=O)Nc1cc(F)ccc1F)C(=O)O. The van der Waals surface area contributed by atoms with Gasteiger partial charge in [0.1, 0.15) is 11.6 Å². The van der Waals surface area contributed by atoms with Gasteiger partial charge < -0.3 is 10.4 Å². The van der Waals surface area contributed by atoms with Crippen LogP contribution in [0.15, 0.2) is 18.2 Å². The average Bonchev–Trinajstić information content (AvgIpc) is 2.22. The van der Waals surface area contributed by atoms with Gasteiger partial charge in [-0.2, -0.15) is 0 Å². The predicted octanol–water partition coefficient (Wildman–Crippen LogP) is 2.40. The van der Waals surface area contributed by atoms with Crippen LogP contribution in [0, 0.1) is 17.0 Å². The molecule has 0 saturated carbocycles. The van der Waals surface area contributed by atoms with E-state index in [0.717, 1.165) is 18.2 Å². The molecule has 0 heterocycles. The molecule has 18 heavy (non-hydrogen) atoms. The third-order valence-electron chi connectivity index (χ3n) is 2.38. The van der Waals surface area contributed by atoms with Crippen LogP contribution in [0.4, 0.5) is 14.5 Å². The summed E-state index contributed by atoms with van der Waals surface area (Å²) >= 11 is 0. The van der Waals surface area contributed by atoms with Crippen LogP contribution in [-0.4, -0.2) is 17.0 Å². The van der Waals surface area contributed by atoms with Crippen molar-refractivity contribution in [3.63, 3.8) is 0 Å². The summed E-state index contributed by atoms with van der Waals surface area (Å²) in [5.74, 6) is -3.30. The van der Waals surface area contributed by atoms with Crippen molar-refractivity contribution in [2.24, 2.45) is 5.41 Å². The Kier molecular flexibility index (Phi) is 4.00. The van der Waals surface area contributed by atoms with Gasteiger partial charge in [0.2, 0.25) is 5.91 Å². The molecule has 0 aliphatic rings. The second-order valence-corrected chi connectivity index (χ2v) is 4.54. The van der Waals surface area contributed by atoms with Crippen molar-refractivity contribution in [1.29, 1.82) is 0 Å². The Labute approximate surface area is 103 Å². The normalized spacial score (nSPS) is 11.1. The maximum absolute atomic E-state index is 13.2.